The molecule has 1 heterocycles. The molecule has 1 aromatic rings. The summed E-state index contributed by atoms with van der Waals surface area (Å²) in [4.78, 5) is 0. The molecular weight excluding hydrogens is 248 g/mol. The summed E-state index contributed by atoms with van der Waals surface area (Å²) in [5, 5.41) is 11.6. The van der Waals surface area contributed by atoms with Gasteiger partial charge in [0.15, 0.2) is 0 Å². The second kappa shape index (κ2) is 4.83. The molecule has 1 atom stereocenters. The molecule has 20 heavy (non-hydrogen) atoms. The molecule has 4 heteroatoms. The molecule has 4 nitrogen and oxygen atoms in total. The molecule has 0 aliphatic heterocycles. The van der Waals surface area contributed by atoms with Crippen molar-refractivity contribution in [3.05, 3.63) is 12.2 Å². The van der Waals surface area contributed by atoms with Gasteiger partial charge in [-0.2, -0.15) is 0 Å². The van der Waals surface area contributed by atoms with Crippen LogP contribution in [0.2, 0.25) is 0 Å². The lowest BCUT2D eigenvalue weighted by molar-refractivity contribution is -0.0558. The first kappa shape index (κ1) is 12.8. The molecule has 4 saturated carbocycles. The first-order valence-electron chi connectivity index (χ1n) is 8.29. The maximum absolute atomic E-state index is 4.29. The fourth-order valence-corrected chi connectivity index (χ4v) is 5.83. The maximum Gasteiger partial charge on any atom is 0.147 e. The van der Waals surface area contributed by atoms with E-state index in [9.17, 15) is 0 Å². The van der Waals surface area contributed by atoms with Crippen LogP contribution in [0, 0.1) is 29.6 Å². The van der Waals surface area contributed by atoms with Gasteiger partial charge < -0.3 is 9.88 Å². The normalized spacial score (nSPS) is 40.2. The highest BCUT2D eigenvalue weighted by molar-refractivity contribution is 5.02. The van der Waals surface area contributed by atoms with Crippen LogP contribution >= 0.6 is 0 Å². The Morgan fingerprint density at radius 2 is 1.85 bits per heavy atom. The molecule has 0 aromatic carbocycles. The van der Waals surface area contributed by atoms with E-state index in [-0.39, 0.29) is 0 Å². The van der Waals surface area contributed by atoms with Crippen LogP contribution in [0.3, 0.4) is 0 Å². The zero-order chi connectivity index (χ0) is 13.7. The molecule has 0 radical (unpaired) electrons. The Hall–Kier alpha value is -0.900. The molecule has 0 amide bonds. The highest BCUT2D eigenvalue weighted by Crippen LogP contribution is 2.59. The quantitative estimate of drug-likeness (QED) is 0.918. The van der Waals surface area contributed by atoms with Gasteiger partial charge in [0, 0.05) is 6.04 Å². The first-order valence-corrected chi connectivity index (χ1v) is 8.29. The van der Waals surface area contributed by atoms with Crippen LogP contribution in [-0.4, -0.2) is 21.8 Å². The van der Waals surface area contributed by atoms with Crippen molar-refractivity contribution in [1.82, 2.24) is 20.1 Å². The molecule has 1 aromatic heterocycles. The summed E-state index contributed by atoms with van der Waals surface area (Å²) < 4.78 is 2.34. The van der Waals surface area contributed by atoms with Crippen LogP contribution < -0.4 is 5.32 Å². The van der Waals surface area contributed by atoms with Gasteiger partial charge in [0.25, 0.3) is 0 Å². The summed E-state index contributed by atoms with van der Waals surface area (Å²) in [6, 6.07) is 0.559. The largest absolute Gasteiger partial charge is 0.313 e. The Kier molecular flexibility index (Phi) is 3.09. The van der Waals surface area contributed by atoms with E-state index in [0.717, 1.165) is 42.0 Å². The van der Waals surface area contributed by atoms with Crippen molar-refractivity contribution in [2.24, 2.45) is 29.6 Å². The summed E-state index contributed by atoms with van der Waals surface area (Å²) in [5.41, 5.74) is 0. The summed E-state index contributed by atoms with van der Waals surface area (Å²) in [7, 11) is 1.98. The Morgan fingerprint density at radius 1 is 1.20 bits per heavy atom. The molecule has 5 rings (SSSR count). The second-order valence-corrected chi connectivity index (χ2v) is 7.43. The third-order valence-corrected chi connectivity index (χ3v) is 6.28. The van der Waals surface area contributed by atoms with Crippen molar-refractivity contribution in [3.8, 4) is 0 Å². The Bertz CT molecular complexity index is 453. The van der Waals surface area contributed by atoms with E-state index in [1.165, 1.54) is 32.1 Å². The van der Waals surface area contributed by atoms with E-state index in [1.807, 2.05) is 13.4 Å². The molecule has 0 spiro atoms. The predicted octanol–water partition coefficient (Wildman–Crippen LogP) is 2.63. The summed E-state index contributed by atoms with van der Waals surface area (Å²) in [6.07, 6.45) is 9.45. The van der Waals surface area contributed by atoms with Crippen LogP contribution in [-0.2, 0) is 6.54 Å². The summed E-state index contributed by atoms with van der Waals surface area (Å²) in [5.74, 6) is 5.98. The minimum Gasteiger partial charge on any atom is -0.313 e. The van der Waals surface area contributed by atoms with Gasteiger partial charge in [0.2, 0.25) is 0 Å². The zero-order valence-corrected chi connectivity index (χ0v) is 12.6. The van der Waals surface area contributed by atoms with Crippen LogP contribution in [0.1, 0.15) is 50.9 Å². The zero-order valence-electron chi connectivity index (χ0n) is 12.6. The van der Waals surface area contributed by atoms with Gasteiger partial charge in [-0.1, -0.05) is 0 Å². The molecule has 110 valence electrons. The average molecular weight is 274 g/mol. The van der Waals surface area contributed by atoms with Crippen molar-refractivity contribution in [3.63, 3.8) is 0 Å². The van der Waals surface area contributed by atoms with Crippen LogP contribution in [0.5, 0.6) is 0 Å². The SMILES string of the molecule is CNCc1nncn1C(C)C1C2CC3CC(C2)CC1C3. The maximum atomic E-state index is 4.29. The van der Waals surface area contributed by atoms with E-state index in [2.05, 4.69) is 27.0 Å². The van der Waals surface area contributed by atoms with Crippen LogP contribution in [0.25, 0.3) is 0 Å². The molecule has 1 unspecified atom stereocenters. The van der Waals surface area contributed by atoms with Crippen molar-refractivity contribution in [2.75, 3.05) is 7.05 Å². The number of nitrogens with one attached hydrogen (secondary N) is 1. The summed E-state index contributed by atoms with van der Waals surface area (Å²) in [6.45, 7) is 3.22. The first-order chi connectivity index (χ1) is 9.76. The molecule has 4 bridgehead atoms. The van der Waals surface area contributed by atoms with E-state index >= 15 is 0 Å². The minimum absolute atomic E-state index is 0.559. The number of rotatable bonds is 4. The molecule has 4 fully saturated rings. The lowest BCUT2D eigenvalue weighted by Crippen LogP contribution is -2.47. The minimum atomic E-state index is 0.559. The van der Waals surface area contributed by atoms with Crippen LogP contribution in [0.4, 0.5) is 0 Å². The molecule has 4 aliphatic rings. The van der Waals surface area contributed by atoms with Gasteiger partial charge >= 0.3 is 0 Å². The standard InChI is InChI=1S/C16H26N4/c1-10(20-9-18-19-15(20)8-17-2)16-13-4-11-3-12(6-13)7-14(16)5-11/h9-14,16-17H,3-8H2,1-2H3. The molecular formula is C16H26N4. The van der Waals surface area contributed by atoms with Crippen LogP contribution in [0.15, 0.2) is 6.33 Å². The molecule has 0 saturated heterocycles. The number of hydrogen-bond acceptors (Lipinski definition) is 3. The van der Waals surface area contributed by atoms with Gasteiger partial charge in [-0.25, -0.2) is 0 Å². The highest BCUT2D eigenvalue weighted by atomic mass is 15.3. The number of hydrogen-bond donors (Lipinski definition) is 1. The number of aromatic nitrogens is 3. The summed E-state index contributed by atoms with van der Waals surface area (Å²) >= 11 is 0. The lowest BCUT2D eigenvalue weighted by atomic mass is 9.50. The predicted molar refractivity (Wildman–Crippen MR) is 78.0 cm³/mol. The van der Waals surface area contributed by atoms with Gasteiger partial charge in [-0.05, 0) is 75.7 Å². The highest BCUT2D eigenvalue weighted by Gasteiger charge is 2.50. The molecule has 4 aliphatic carbocycles. The van der Waals surface area contributed by atoms with E-state index in [1.54, 1.807) is 0 Å². The third kappa shape index (κ3) is 1.92. The van der Waals surface area contributed by atoms with Crippen molar-refractivity contribution in [1.29, 1.82) is 0 Å². The van der Waals surface area contributed by atoms with Crippen molar-refractivity contribution >= 4 is 0 Å². The smallest absolute Gasteiger partial charge is 0.147 e. The third-order valence-electron chi connectivity index (χ3n) is 6.28. The Balaban J connectivity index is 1.59. The van der Waals surface area contributed by atoms with Gasteiger partial charge in [0.1, 0.15) is 12.2 Å². The fourth-order valence-electron chi connectivity index (χ4n) is 5.83. The van der Waals surface area contributed by atoms with Gasteiger partial charge in [0.05, 0.1) is 6.54 Å². The van der Waals surface area contributed by atoms with Gasteiger partial charge in [-0.15, -0.1) is 10.2 Å². The van der Waals surface area contributed by atoms with Gasteiger partial charge in [-0.3, -0.25) is 0 Å². The Morgan fingerprint density at radius 3 is 2.45 bits per heavy atom. The molecule has 1 N–H and O–H groups in total. The van der Waals surface area contributed by atoms with E-state index in [0.29, 0.717) is 6.04 Å². The Labute approximate surface area is 121 Å². The topological polar surface area (TPSA) is 42.7 Å². The lowest BCUT2D eigenvalue weighted by Gasteiger charge is -2.56. The van der Waals surface area contributed by atoms with Crippen molar-refractivity contribution < 1.29 is 0 Å². The van der Waals surface area contributed by atoms with Crippen molar-refractivity contribution in [2.45, 2.75) is 51.6 Å². The monoisotopic (exact) mass is 274 g/mol. The van der Waals surface area contributed by atoms with E-state index < -0.39 is 0 Å². The number of nitrogens with zero attached hydrogens (tertiary/aromatic N) is 3. The average Bonchev–Trinajstić information content (AvgIpc) is 2.86. The fraction of sp³-hybridized carbons (Fsp3) is 0.875. The van der Waals surface area contributed by atoms with E-state index in [4.69, 9.17) is 0 Å². The second-order valence-electron chi connectivity index (χ2n) is 7.43.